The van der Waals surface area contributed by atoms with Gasteiger partial charge in [0.25, 0.3) is 11.3 Å². The highest BCUT2D eigenvalue weighted by atomic mass is 16.4. The SMILES string of the molecule is [C-]#[N+]C(=CC=CC=Cc1c(O)n(C)c(=O)n(C#CC#CC#CC#CC#CC#CC#CC#CC#C)c1=O)C(=O)O. The van der Waals surface area contributed by atoms with Gasteiger partial charge in [-0.15, -0.1) is 6.42 Å². The van der Waals surface area contributed by atoms with Crippen molar-refractivity contribution in [3.63, 3.8) is 0 Å². The van der Waals surface area contributed by atoms with Crippen molar-refractivity contribution in [2.45, 2.75) is 0 Å². The fraction of sp³-hybridized carbons (Fsp3) is 0.0323. The number of hydrogen-bond acceptors (Lipinski definition) is 4. The predicted molar refractivity (Wildman–Crippen MR) is 145 cm³/mol. The van der Waals surface area contributed by atoms with Gasteiger partial charge < -0.3 is 10.2 Å². The van der Waals surface area contributed by atoms with Crippen molar-refractivity contribution in [2.24, 2.45) is 7.05 Å². The number of carboxylic acids is 1. The van der Waals surface area contributed by atoms with E-state index < -0.39 is 28.8 Å². The van der Waals surface area contributed by atoms with Crippen molar-refractivity contribution in [3.8, 4) is 113 Å². The van der Waals surface area contributed by atoms with E-state index in [9.17, 15) is 19.5 Å². The highest BCUT2D eigenvalue weighted by molar-refractivity contribution is 5.88. The molecule has 2 N–H and O–H groups in total. The molecule has 8 heteroatoms. The second-order valence-electron chi connectivity index (χ2n) is 6.06. The van der Waals surface area contributed by atoms with Gasteiger partial charge in [0, 0.05) is 60.5 Å². The van der Waals surface area contributed by atoms with Gasteiger partial charge in [-0.3, -0.25) is 14.2 Å². The number of aromatic hydroxyl groups is 1. The van der Waals surface area contributed by atoms with Crippen molar-refractivity contribution < 1.29 is 15.0 Å². The number of rotatable bonds is 4. The minimum atomic E-state index is -1.39. The summed E-state index contributed by atoms with van der Waals surface area (Å²) in [6, 6.07) is 2.28. The number of nitrogens with zero attached hydrogens (tertiary/aromatic N) is 3. The maximum atomic E-state index is 12.6. The molecule has 39 heavy (non-hydrogen) atoms. The van der Waals surface area contributed by atoms with Crippen LogP contribution in [-0.2, 0) is 11.8 Å². The van der Waals surface area contributed by atoms with Crippen LogP contribution in [0.25, 0.3) is 10.9 Å². The van der Waals surface area contributed by atoms with E-state index in [0.29, 0.717) is 4.57 Å². The molecule has 1 aromatic heterocycles. The van der Waals surface area contributed by atoms with Crippen molar-refractivity contribution in [1.29, 1.82) is 0 Å². The summed E-state index contributed by atoms with van der Waals surface area (Å²) in [6.45, 7) is 6.75. The molecular weight excluding hydrogens is 494 g/mol. The number of carboxylic acid groups (broad SMARTS) is 1. The van der Waals surface area contributed by atoms with Crippen LogP contribution in [0.1, 0.15) is 5.56 Å². The third kappa shape index (κ3) is 10.7. The summed E-state index contributed by atoms with van der Waals surface area (Å²) in [5.74, 6) is 36.0. The van der Waals surface area contributed by atoms with Crippen molar-refractivity contribution >= 4 is 12.0 Å². The highest BCUT2D eigenvalue weighted by Crippen LogP contribution is 2.10. The predicted octanol–water partition coefficient (Wildman–Crippen LogP) is 0.176. The lowest BCUT2D eigenvalue weighted by atomic mass is 10.2. The number of carbonyl (C=O) groups is 1. The minimum Gasteiger partial charge on any atom is -0.494 e. The lowest BCUT2D eigenvalue weighted by molar-refractivity contribution is -0.132. The Labute approximate surface area is 224 Å². The quantitative estimate of drug-likeness (QED) is 0.263. The Balaban J connectivity index is 3.05. The van der Waals surface area contributed by atoms with Gasteiger partial charge in [-0.2, -0.15) is 4.57 Å². The Morgan fingerprint density at radius 2 is 1.33 bits per heavy atom. The van der Waals surface area contributed by atoms with Crippen LogP contribution in [0, 0.1) is 114 Å². The van der Waals surface area contributed by atoms with E-state index in [1.54, 1.807) is 0 Å². The van der Waals surface area contributed by atoms with Gasteiger partial charge >= 0.3 is 11.7 Å². The Kier molecular flexibility index (Phi) is 13.1. The van der Waals surface area contributed by atoms with Gasteiger partial charge in [-0.25, -0.2) is 9.64 Å². The molecule has 0 saturated carbocycles. The molecule has 8 nitrogen and oxygen atoms in total. The molecule has 1 heterocycles. The van der Waals surface area contributed by atoms with Gasteiger partial charge in [0.05, 0.1) is 6.57 Å². The largest absolute Gasteiger partial charge is 0.494 e. The molecule has 0 aliphatic carbocycles. The highest BCUT2D eigenvalue weighted by Gasteiger charge is 2.13. The van der Waals surface area contributed by atoms with Crippen LogP contribution in [0.5, 0.6) is 5.88 Å². The van der Waals surface area contributed by atoms with E-state index in [-0.39, 0.29) is 5.56 Å². The summed E-state index contributed by atoms with van der Waals surface area (Å²) in [4.78, 5) is 38.5. The van der Waals surface area contributed by atoms with Crippen molar-refractivity contribution in [3.05, 3.63) is 67.8 Å². The van der Waals surface area contributed by atoms with Gasteiger partial charge in [0.1, 0.15) is 5.56 Å². The topological polar surface area (TPSA) is 106 Å². The monoisotopic (exact) mass is 505 g/mol. The number of allylic oxidation sites excluding steroid dienone is 4. The molecule has 0 amide bonds. The van der Waals surface area contributed by atoms with E-state index in [0.717, 1.165) is 10.6 Å². The second-order valence-corrected chi connectivity index (χ2v) is 6.06. The normalized spacial score (nSPS) is 8.44. The first-order valence-electron chi connectivity index (χ1n) is 10.0. The molecule has 0 saturated heterocycles. The van der Waals surface area contributed by atoms with Crippen LogP contribution in [0.2, 0.25) is 0 Å². The van der Waals surface area contributed by atoms with E-state index in [1.807, 2.05) is 0 Å². The van der Waals surface area contributed by atoms with Crippen LogP contribution in [-0.4, -0.2) is 25.3 Å². The Morgan fingerprint density at radius 1 is 0.846 bits per heavy atom. The first-order valence-corrected chi connectivity index (χ1v) is 10.0. The van der Waals surface area contributed by atoms with Gasteiger partial charge in [0.15, 0.2) is 0 Å². The molecule has 0 fully saturated rings. The summed E-state index contributed by atoms with van der Waals surface area (Å²) in [5.41, 5.74) is -2.59. The smallest absolute Gasteiger partial charge is 0.345 e. The number of aromatic nitrogens is 2. The minimum absolute atomic E-state index is 0.262. The number of aliphatic carboxylic acids is 1. The molecule has 0 aromatic carbocycles. The summed E-state index contributed by atoms with van der Waals surface area (Å²) >= 11 is 0. The van der Waals surface area contributed by atoms with Crippen LogP contribution >= 0.6 is 0 Å². The summed E-state index contributed by atoms with van der Waals surface area (Å²) < 4.78 is 1.35. The standard InChI is InChI=1S/C31H11N3O5/c1-4-5-6-7-8-9-10-11-12-13-14-15-16-17-18-22-25-34-29(36)26(28(35)33(3)31(34)39)23-20-19-21-24-27(32-2)30(37)38/h1,19-21,23-24,35H,3H3,(H,37,38). The van der Waals surface area contributed by atoms with Gasteiger partial charge in [0.2, 0.25) is 5.88 Å². The Hall–Kier alpha value is -7.30. The molecule has 1 aromatic rings. The van der Waals surface area contributed by atoms with E-state index in [4.69, 9.17) is 18.1 Å². The van der Waals surface area contributed by atoms with Crippen LogP contribution < -0.4 is 11.2 Å². The molecule has 0 aliphatic heterocycles. The molecule has 0 bridgehead atoms. The van der Waals surface area contributed by atoms with Crippen LogP contribution in [0.3, 0.4) is 0 Å². The average molecular weight is 505 g/mol. The lowest BCUT2D eigenvalue weighted by Crippen LogP contribution is -2.38. The first kappa shape index (κ1) is 29.7. The zero-order valence-electron chi connectivity index (χ0n) is 19.9. The molecule has 0 atom stereocenters. The summed E-state index contributed by atoms with van der Waals surface area (Å²) in [6.07, 6.45) is 11.1. The molecule has 0 radical (unpaired) electrons. The Bertz CT molecular complexity index is 2010. The fourth-order valence-corrected chi connectivity index (χ4v) is 2.01. The molecular formula is C31H11N3O5. The number of terminal acetylenes is 1. The molecule has 180 valence electrons. The van der Waals surface area contributed by atoms with E-state index in [1.165, 1.54) is 31.4 Å². The first-order chi connectivity index (χ1) is 18.8. The van der Waals surface area contributed by atoms with Gasteiger partial charge in [-0.05, 0) is 59.5 Å². The molecule has 0 unspecified atom stereocenters. The lowest BCUT2D eigenvalue weighted by Gasteiger charge is -2.06. The molecule has 1 rings (SSSR count). The fourth-order valence-electron chi connectivity index (χ4n) is 2.01. The number of hydrogen-bond donors (Lipinski definition) is 2. The second kappa shape index (κ2) is 17.2. The van der Waals surface area contributed by atoms with Crippen LogP contribution in [0.15, 0.2) is 39.6 Å². The van der Waals surface area contributed by atoms with Crippen LogP contribution in [0.4, 0.5) is 0 Å². The summed E-state index contributed by atoms with van der Waals surface area (Å²) in [7, 11) is 1.23. The Morgan fingerprint density at radius 3 is 1.79 bits per heavy atom. The summed E-state index contributed by atoms with van der Waals surface area (Å²) in [5, 5.41) is 18.9. The zero-order chi connectivity index (χ0) is 28.9. The maximum Gasteiger partial charge on any atom is 0.345 e. The molecule has 0 aliphatic rings. The van der Waals surface area contributed by atoms with Gasteiger partial charge in [-0.1, -0.05) is 18.2 Å². The average Bonchev–Trinajstić information content (AvgIpc) is 2.92. The molecule has 0 spiro atoms. The van der Waals surface area contributed by atoms with Crippen molar-refractivity contribution in [2.75, 3.05) is 0 Å². The zero-order valence-corrected chi connectivity index (χ0v) is 19.9. The maximum absolute atomic E-state index is 12.6. The van der Waals surface area contributed by atoms with E-state index in [2.05, 4.69) is 106 Å². The van der Waals surface area contributed by atoms with Crippen molar-refractivity contribution in [1.82, 2.24) is 9.13 Å². The third-order valence-corrected chi connectivity index (χ3v) is 3.66. The van der Waals surface area contributed by atoms with E-state index >= 15 is 0 Å². The third-order valence-electron chi connectivity index (χ3n) is 3.66.